The molecule has 1 heterocycles. The second-order valence-corrected chi connectivity index (χ2v) is 5.02. The predicted octanol–water partition coefficient (Wildman–Crippen LogP) is 3.46. The number of nitrogens with zero attached hydrogens (tertiary/aromatic N) is 1. The molecule has 3 nitrogen and oxygen atoms in total. The van der Waals surface area contributed by atoms with Gasteiger partial charge in [0.05, 0.1) is 11.3 Å². The number of hydrogen-bond donors (Lipinski definition) is 1. The summed E-state index contributed by atoms with van der Waals surface area (Å²) in [5.41, 5.74) is -0.0122. The van der Waals surface area contributed by atoms with Crippen molar-refractivity contribution >= 4 is 11.3 Å². The summed E-state index contributed by atoms with van der Waals surface area (Å²) in [5, 5.41) is 5.72. The SMILES string of the molecule is CNCc1nc(COc2cccc(C(F)(F)F)c2)cs1. The molecule has 0 unspecified atom stereocenters. The first-order valence-electron chi connectivity index (χ1n) is 5.87. The van der Waals surface area contributed by atoms with Gasteiger partial charge in [-0.2, -0.15) is 13.2 Å². The fourth-order valence-corrected chi connectivity index (χ4v) is 2.36. The number of aromatic nitrogens is 1. The molecule has 1 N–H and O–H groups in total. The second kappa shape index (κ2) is 6.23. The molecule has 0 atom stereocenters. The molecule has 20 heavy (non-hydrogen) atoms. The summed E-state index contributed by atoms with van der Waals surface area (Å²) in [4.78, 5) is 4.30. The van der Waals surface area contributed by atoms with E-state index in [-0.39, 0.29) is 12.4 Å². The zero-order valence-electron chi connectivity index (χ0n) is 10.7. The summed E-state index contributed by atoms with van der Waals surface area (Å²) >= 11 is 1.48. The summed E-state index contributed by atoms with van der Waals surface area (Å²) in [7, 11) is 1.82. The summed E-state index contributed by atoms with van der Waals surface area (Å²) in [6, 6.07) is 4.82. The molecule has 0 bridgehead atoms. The van der Waals surface area contributed by atoms with Gasteiger partial charge in [0.15, 0.2) is 0 Å². The zero-order valence-corrected chi connectivity index (χ0v) is 11.5. The number of hydrogen-bond acceptors (Lipinski definition) is 4. The van der Waals surface area contributed by atoms with Crippen molar-refractivity contribution in [3.05, 3.63) is 45.9 Å². The van der Waals surface area contributed by atoms with Crippen LogP contribution < -0.4 is 10.1 Å². The Morgan fingerprint density at radius 2 is 2.15 bits per heavy atom. The molecule has 2 aromatic rings. The summed E-state index contributed by atoms with van der Waals surface area (Å²) in [6.07, 6.45) is -4.36. The Kier molecular flexibility index (Phi) is 4.61. The Bertz CT molecular complexity index is 569. The van der Waals surface area contributed by atoms with Crippen molar-refractivity contribution in [1.29, 1.82) is 0 Å². The zero-order chi connectivity index (χ0) is 14.6. The molecule has 0 radical (unpaired) electrons. The molecule has 0 spiro atoms. The average molecular weight is 302 g/mol. The first kappa shape index (κ1) is 14.8. The van der Waals surface area contributed by atoms with Gasteiger partial charge in [0.25, 0.3) is 0 Å². The molecule has 0 aliphatic rings. The maximum absolute atomic E-state index is 12.5. The lowest BCUT2D eigenvalue weighted by Crippen LogP contribution is -2.06. The van der Waals surface area contributed by atoms with E-state index in [1.54, 1.807) is 0 Å². The highest BCUT2D eigenvalue weighted by Crippen LogP contribution is 2.31. The summed E-state index contributed by atoms with van der Waals surface area (Å²) in [6.45, 7) is 0.815. The highest BCUT2D eigenvalue weighted by Gasteiger charge is 2.30. The van der Waals surface area contributed by atoms with Crippen LogP contribution in [0.15, 0.2) is 29.6 Å². The van der Waals surface area contributed by atoms with E-state index in [9.17, 15) is 13.2 Å². The minimum absolute atomic E-state index is 0.154. The predicted molar refractivity (Wildman–Crippen MR) is 70.7 cm³/mol. The van der Waals surface area contributed by atoms with Crippen LogP contribution in [0.25, 0.3) is 0 Å². The van der Waals surface area contributed by atoms with Crippen molar-refractivity contribution in [3.8, 4) is 5.75 Å². The third-order valence-electron chi connectivity index (χ3n) is 2.48. The van der Waals surface area contributed by atoms with Crippen LogP contribution in [-0.2, 0) is 19.3 Å². The lowest BCUT2D eigenvalue weighted by molar-refractivity contribution is -0.137. The van der Waals surface area contributed by atoms with Gasteiger partial charge in [0, 0.05) is 11.9 Å². The van der Waals surface area contributed by atoms with Crippen LogP contribution in [-0.4, -0.2) is 12.0 Å². The smallest absolute Gasteiger partial charge is 0.416 e. The number of benzene rings is 1. The van der Waals surface area contributed by atoms with Crippen molar-refractivity contribution in [2.45, 2.75) is 19.3 Å². The van der Waals surface area contributed by atoms with Crippen molar-refractivity contribution in [2.75, 3.05) is 7.05 Å². The Morgan fingerprint density at radius 3 is 2.85 bits per heavy atom. The van der Waals surface area contributed by atoms with Crippen molar-refractivity contribution in [2.24, 2.45) is 0 Å². The van der Waals surface area contributed by atoms with Crippen LogP contribution in [0, 0.1) is 0 Å². The first-order chi connectivity index (χ1) is 9.49. The van der Waals surface area contributed by atoms with E-state index in [0.29, 0.717) is 12.2 Å². The molecule has 0 amide bonds. The largest absolute Gasteiger partial charge is 0.487 e. The third kappa shape index (κ3) is 3.94. The minimum Gasteiger partial charge on any atom is -0.487 e. The first-order valence-corrected chi connectivity index (χ1v) is 6.75. The summed E-state index contributed by atoms with van der Waals surface area (Å²) in [5.74, 6) is 0.183. The van der Waals surface area contributed by atoms with E-state index in [2.05, 4.69) is 10.3 Å². The van der Waals surface area contributed by atoms with Crippen LogP contribution in [0.1, 0.15) is 16.3 Å². The molecule has 0 saturated heterocycles. The lowest BCUT2D eigenvalue weighted by Gasteiger charge is -2.09. The van der Waals surface area contributed by atoms with Gasteiger partial charge in [0.2, 0.25) is 0 Å². The van der Waals surface area contributed by atoms with Crippen molar-refractivity contribution in [1.82, 2.24) is 10.3 Å². The lowest BCUT2D eigenvalue weighted by atomic mass is 10.2. The van der Waals surface area contributed by atoms with Gasteiger partial charge in [-0.15, -0.1) is 11.3 Å². The standard InChI is InChI=1S/C13H13F3N2OS/c1-17-6-12-18-10(8-20-12)7-19-11-4-2-3-9(5-11)13(14,15)16/h2-5,8,17H,6-7H2,1H3. The minimum atomic E-state index is -4.36. The summed E-state index contributed by atoms with van der Waals surface area (Å²) < 4.78 is 43.0. The van der Waals surface area contributed by atoms with Gasteiger partial charge in [-0.3, -0.25) is 0 Å². The van der Waals surface area contributed by atoms with Gasteiger partial charge in [-0.1, -0.05) is 6.07 Å². The average Bonchev–Trinajstić information content (AvgIpc) is 2.84. The van der Waals surface area contributed by atoms with E-state index in [1.807, 2.05) is 12.4 Å². The molecular formula is C13H13F3N2OS. The van der Waals surface area contributed by atoms with E-state index < -0.39 is 11.7 Å². The monoisotopic (exact) mass is 302 g/mol. The Labute approximate surface area is 118 Å². The van der Waals surface area contributed by atoms with Gasteiger partial charge in [-0.25, -0.2) is 4.98 Å². The molecule has 0 aliphatic heterocycles. The topological polar surface area (TPSA) is 34.2 Å². The van der Waals surface area contributed by atoms with Crippen LogP contribution in [0.2, 0.25) is 0 Å². The highest BCUT2D eigenvalue weighted by molar-refractivity contribution is 7.09. The highest BCUT2D eigenvalue weighted by atomic mass is 32.1. The Hall–Kier alpha value is -1.60. The van der Waals surface area contributed by atoms with Crippen molar-refractivity contribution < 1.29 is 17.9 Å². The van der Waals surface area contributed by atoms with Gasteiger partial charge < -0.3 is 10.1 Å². The number of thiazole rings is 1. The van der Waals surface area contributed by atoms with Crippen LogP contribution in [0.3, 0.4) is 0 Å². The Morgan fingerprint density at radius 1 is 1.35 bits per heavy atom. The Balaban J connectivity index is 1.99. The van der Waals surface area contributed by atoms with Gasteiger partial charge >= 0.3 is 6.18 Å². The maximum atomic E-state index is 12.5. The van der Waals surface area contributed by atoms with E-state index in [0.717, 1.165) is 17.1 Å². The van der Waals surface area contributed by atoms with E-state index in [1.165, 1.54) is 23.5 Å². The maximum Gasteiger partial charge on any atom is 0.416 e. The molecule has 0 fully saturated rings. The quantitative estimate of drug-likeness (QED) is 0.918. The molecule has 1 aromatic carbocycles. The number of halogens is 3. The molecule has 7 heteroatoms. The second-order valence-electron chi connectivity index (χ2n) is 4.08. The normalized spacial score (nSPS) is 11.6. The van der Waals surface area contributed by atoms with E-state index >= 15 is 0 Å². The third-order valence-corrected chi connectivity index (χ3v) is 3.37. The van der Waals surface area contributed by atoms with Crippen LogP contribution in [0.4, 0.5) is 13.2 Å². The van der Waals surface area contributed by atoms with Crippen molar-refractivity contribution in [3.63, 3.8) is 0 Å². The fourth-order valence-electron chi connectivity index (χ4n) is 1.57. The molecular weight excluding hydrogens is 289 g/mol. The van der Waals surface area contributed by atoms with Gasteiger partial charge in [-0.05, 0) is 25.2 Å². The van der Waals surface area contributed by atoms with Crippen LogP contribution in [0.5, 0.6) is 5.75 Å². The molecule has 1 aromatic heterocycles. The number of rotatable bonds is 5. The molecule has 2 rings (SSSR count). The molecule has 0 aliphatic carbocycles. The molecule has 108 valence electrons. The van der Waals surface area contributed by atoms with Crippen LogP contribution >= 0.6 is 11.3 Å². The number of ether oxygens (including phenoxy) is 1. The fraction of sp³-hybridized carbons (Fsp3) is 0.308. The number of nitrogens with one attached hydrogen (secondary N) is 1. The van der Waals surface area contributed by atoms with E-state index in [4.69, 9.17) is 4.74 Å². The number of alkyl halides is 3. The van der Waals surface area contributed by atoms with Gasteiger partial charge in [0.1, 0.15) is 17.4 Å². The molecule has 0 saturated carbocycles.